The van der Waals surface area contributed by atoms with Crippen molar-refractivity contribution in [3.8, 4) is 33.4 Å². The molecule has 0 atom stereocenters. The highest BCUT2D eigenvalue weighted by Crippen LogP contribution is 2.47. The summed E-state index contributed by atoms with van der Waals surface area (Å²) < 4.78 is 12.2. The number of carbonyl (C=O) groups excluding carboxylic acids is 1. The van der Waals surface area contributed by atoms with Crippen molar-refractivity contribution in [2.24, 2.45) is 0 Å². The SMILES string of the molecule is CCOC(=O)C=Cc1ccc(Oc2c(-c3ccc(O)cc3)sc3cc(O)ccc23)cc1C. The fourth-order valence-corrected chi connectivity index (χ4v) is 4.50. The van der Waals surface area contributed by atoms with Gasteiger partial charge in [0.05, 0.1) is 11.5 Å². The van der Waals surface area contributed by atoms with E-state index in [0.717, 1.165) is 31.7 Å². The van der Waals surface area contributed by atoms with E-state index in [0.29, 0.717) is 18.1 Å². The molecular formula is C26H22O5S. The van der Waals surface area contributed by atoms with E-state index in [-0.39, 0.29) is 17.5 Å². The number of fused-ring (bicyclic) bond motifs is 1. The number of benzene rings is 3. The number of hydrogen-bond donors (Lipinski definition) is 2. The number of phenols is 2. The van der Waals surface area contributed by atoms with Gasteiger partial charge in [0.15, 0.2) is 5.75 Å². The van der Waals surface area contributed by atoms with Gasteiger partial charge in [0.25, 0.3) is 0 Å². The van der Waals surface area contributed by atoms with Crippen molar-refractivity contribution in [1.82, 2.24) is 0 Å². The number of phenolic OH excluding ortho intramolecular Hbond substituents is 2. The predicted molar refractivity (Wildman–Crippen MR) is 128 cm³/mol. The molecule has 0 aliphatic heterocycles. The molecule has 0 unspecified atom stereocenters. The summed E-state index contributed by atoms with van der Waals surface area (Å²) >= 11 is 1.51. The van der Waals surface area contributed by atoms with Gasteiger partial charge >= 0.3 is 5.97 Å². The van der Waals surface area contributed by atoms with Crippen molar-refractivity contribution >= 4 is 33.5 Å². The number of aromatic hydroxyl groups is 2. The van der Waals surface area contributed by atoms with Crippen molar-refractivity contribution < 1.29 is 24.5 Å². The second kappa shape index (κ2) is 9.16. The standard InChI is InChI=1S/C26H22O5S/c1-3-30-24(29)13-7-17-6-11-21(14-16(17)2)31-25-22-12-10-20(28)15-23(22)32-26(25)18-4-8-19(27)9-5-18/h4-15,27-28H,3H2,1-2H3. The number of hydrogen-bond acceptors (Lipinski definition) is 6. The normalized spacial score (nSPS) is 11.2. The molecule has 0 spiro atoms. The molecule has 0 aliphatic rings. The lowest BCUT2D eigenvalue weighted by Crippen LogP contribution is -1.98. The van der Waals surface area contributed by atoms with Gasteiger partial charge in [-0.1, -0.05) is 6.07 Å². The average molecular weight is 447 g/mol. The Hall–Kier alpha value is -3.77. The number of rotatable bonds is 6. The molecule has 4 aromatic rings. The van der Waals surface area contributed by atoms with Gasteiger partial charge in [-0.25, -0.2) is 4.79 Å². The van der Waals surface area contributed by atoms with Crippen LogP contribution in [0.15, 0.2) is 66.7 Å². The van der Waals surface area contributed by atoms with Crippen LogP contribution in [0.3, 0.4) is 0 Å². The van der Waals surface area contributed by atoms with Crippen molar-refractivity contribution in [2.75, 3.05) is 6.61 Å². The second-order valence-corrected chi connectivity index (χ2v) is 8.25. The van der Waals surface area contributed by atoms with Crippen LogP contribution in [0.5, 0.6) is 23.0 Å². The lowest BCUT2D eigenvalue weighted by molar-refractivity contribution is -0.137. The minimum Gasteiger partial charge on any atom is -0.508 e. The maximum atomic E-state index is 11.6. The van der Waals surface area contributed by atoms with Gasteiger partial charge < -0.3 is 19.7 Å². The fourth-order valence-electron chi connectivity index (χ4n) is 3.33. The van der Waals surface area contributed by atoms with E-state index >= 15 is 0 Å². The molecule has 0 radical (unpaired) electrons. The van der Waals surface area contributed by atoms with Crippen LogP contribution < -0.4 is 4.74 Å². The highest BCUT2D eigenvalue weighted by atomic mass is 32.1. The summed E-state index contributed by atoms with van der Waals surface area (Å²) in [6.07, 6.45) is 3.13. The van der Waals surface area contributed by atoms with Crippen molar-refractivity contribution in [3.05, 3.63) is 77.9 Å². The van der Waals surface area contributed by atoms with Crippen LogP contribution in [0.2, 0.25) is 0 Å². The summed E-state index contributed by atoms with van der Waals surface area (Å²) in [5, 5.41) is 20.5. The summed E-state index contributed by atoms with van der Waals surface area (Å²) in [5.74, 6) is 1.35. The Labute approximate surface area is 189 Å². The van der Waals surface area contributed by atoms with Crippen molar-refractivity contribution in [2.45, 2.75) is 13.8 Å². The maximum absolute atomic E-state index is 11.6. The van der Waals surface area contributed by atoms with Crippen LogP contribution in [-0.4, -0.2) is 22.8 Å². The molecule has 162 valence electrons. The Morgan fingerprint density at radius 2 is 1.75 bits per heavy atom. The number of ether oxygens (including phenoxy) is 2. The first-order valence-electron chi connectivity index (χ1n) is 10.1. The topological polar surface area (TPSA) is 76.0 Å². The highest BCUT2D eigenvalue weighted by molar-refractivity contribution is 7.22. The van der Waals surface area contributed by atoms with Crippen molar-refractivity contribution in [3.63, 3.8) is 0 Å². The van der Waals surface area contributed by atoms with Gasteiger partial charge in [-0.2, -0.15) is 0 Å². The minimum absolute atomic E-state index is 0.191. The Kier molecular flexibility index (Phi) is 6.14. The third kappa shape index (κ3) is 4.60. The van der Waals surface area contributed by atoms with E-state index in [1.165, 1.54) is 17.4 Å². The first-order valence-corrected chi connectivity index (χ1v) is 10.9. The molecule has 0 amide bonds. The molecule has 5 nitrogen and oxygen atoms in total. The van der Waals surface area contributed by atoms with E-state index < -0.39 is 0 Å². The molecule has 1 aromatic heterocycles. The summed E-state index contributed by atoms with van der Waals surface area (Å²) in [6, 6.07) is 17.8. The van der Waals surface area contributed by atoms with Crippen LogP contribution in [-0.2, 0) is 9.53 Å². The predicted octanol–water partition coefficient (Wildman–Crippen LogP) is 6.66. The molecule has 1 heterocycles. The largest absolute Gasteiger partial charge is 0.508 e. The molecule has 6 heteroatoms. The summed E-state index contributed by atoms with van der Waals surface area (Å²) in [6.45, 7) is 4.05. The number of carbonyl (C=O) groups is 1. The zero-order valence-electron chi connectivity index (χ0n) is 17.7. The first kappa shape index (κ1) is 21.5. The Balaban J connectivity index is 1.71. The summed E-state index contributed by atoms with van der Waals surface area (Å²) in [4.78, 5) is 12.5. The van der Waals surface area contributed by atoms with Crippen LogP contribution in [0.4, 0.5) is 0 Å². The van der Waals surface area contributed by atoms with Gasteiger partial charge in [0.2, 0.25) is 0 Å². The lowest BCUT2D eigenvalue weighted by Gasteiger charge is -2.10. The van der Waals surface area contributed by atoms with E-state index in [1.807, 2.05) is 43.3 Å². The average Bonchev–Trinajstić information content (AvgIpc) is 3.11. The van der Waals surface area contributed by atoms with E-state index in [2.05, 4.69) is 0 Å². The summed E-state index contributed by atoms with van der Waals surface area (Å²) in [7, 11) is 0. The third-order valence-electron chi connectivity index (χ3n) is 4.90. The zero-order valence-corrected chi connectivity index (χ0v) is 18.5. The van der Waals surface area contributed by atoms with E-state index in [9.17, 15) is 15.0 Å². The molecule has 2 N–H and O–H groups in total. The van der Waals surface area contributed by atoms with Crippen molar-refractivity contribution in [1.29, 1.82) is 0 Å². The Morgan fingerprint density at radius 1 is 1.00 bits per heavy atom. The van der Waals surface area contributed by atoms with Crippen LogP contribution in [0, 0.1) is 6.92 Å². The summed E-state index contributed by atoms with van der Waals surface area (Å²) in [5.41, 5.74) is 2.75. The third-order valence-corrected chi connectivity index (χ3v) is 6.09. The monoisotopic (exact) mass is 446 g/mol. The quantitative estimate of drug-likeness (QED) is 0.256. The first-order chi connectivity index (χ1) is 15.4. The molecule has 0 saturated heterocycles. The van der Waals surface area contributed by atoms with Crippen LogP contribution in [0.1, 0.15) is 18.1 Å². The van der Waals surface area contributed by atoms with Crippen LogP contribution in [0.25, 0.3) is 26.6 Å². The fraction of sp³-hybridized carbons (Fsp3) is 0.115. The smallest absolute Gasteiger partial charge is 0.330 e. The second-order valence-electron chi connectivity index (χ2n) is 7.19. The van der Waals surface area contributed by atoms with Gasteiger partial charge in [-0.15, -0.1) is 11.3 Å². The molecule has 0 bridgehead atoms. The zero-order chi connectivity index (χ0) is 22.7. The van der Waals surface area contributed by atoms with Gasteiger partial charge in [-0.05, 0) is 91.2 Å². The maximum Gasteiger partial charge on any atom is 0.330 e. The Bertz CT molecular complexity index is 1300. The van der Waals surface area contributed by atoms with Gasteiger partial charge in [0.1, 0.15) is 17.2 Å². The molecule has 32 heavy (non-hydrogen) atoms. The molecular weight excluding hydrogens is 424 g/mol. The Morgan fingerprint density at radius 3 is 2.47 bits per heavy atom. The number of thiophene rings is 1. The van der Waals surface area contributed by atoms with E-state index in [1.54, 1.807) is 37.3 Å². The minimum atomic E-state index is -0.376. The van der Waals surface area contributed by atoms with Crippen LogP contribution >= 0.6 is 11.3 Å². The number of esters is 1. The molecule has 0 saturated carbocycles. The lowest BCUT2D eigenvalue weighted by atomic mass is 10.1. The van der Waals surface area contributed by atoms with Gasteiger partial charge in [0, 0.05) is 16.2 Å². The number of aryl methyl sites for hydroxylation is 1. The highest BCUT2D eigenvalue weighted by Gasteiger charge is 2.17. The molecule has 0 fully saturated rings. The van der Waals surface area contributed by atoms with E-state index in [4.69, 9.17) is 9.47 Å². The molecule has 4 rings (SSSR count). The van der Waals surface area contributed by atoms with Gasteiger partial charge in [-0.3, -0.25) is 0 Å². The molecule has 3 aromatic carbocycles. The molecule has 0 aliphatic carbocycles.